The molecule has 0 atom stereocenters. The van der Waals surface area contributed by atoms with Crippen LogP contribution in [-0.2, 0) is 0 Å². The number of benzene rings is 9. The summed E-state index contributed by atoms with van der Waals surface area (Å²) in [6.45, 7) is 0. The lowest BCUT2D eigenvalue weighted by Crippen LogP contribution is -1.97. The first-order valence-corrected chi connectivity index (χ1v) is 20.8. The van der Waals surface area contributed by atoms with E-state index in [0.29, 0.717) is 0 Å². The molecule has 13 aromatic rings. The molecule has 0 aliphatic heterocycles. The van der Waals surface area contributed by atoms with E-state index in [1.165, 1.54) is 0 Å². The normalized spacial score (nSPS) is 11.9. The quantitative estimate of drug-likeness (QED) is 0.168. The van der Waals surface area contributed by atoms with E-state index >= 15 is 0 Å². The van der Waals surface area contributed by atoms with Crippen molar-refractivity contribution in [3.05, 3.63) is 206 Å². The van der Waals surface area contributed by atoms with E-state index < -0.39 is 0 Å². The highest BCUT2D eigenvalue weighted by atomic mass is 16.4. The van der Waals surface area contributed by atoms with Crippen molar-refractivity contribution in [3.63, 3.8) is 0 Å². The Balaban J connectivity index is 0.898. The van der Waals surface area contributed by atoms with Gasteiger partial charge < -0.3 is 8.83 Å². The summed E-state index contributed by atoms with van der Waals surface area (Å²) in [6, 6.07) is 71.8. The average molecular weight is 795 g/mol. The van der Waals surface area contributed by atoms with Crippen LogP contribution in [0.2, 0.25) is 0 Å². The Labute approximate surface area is 355 Å². The maximum Gasteiger partial charge on any atom is 0.178 e. The third-order valence-corrected chi connectivity index (χ3v) is 12.2. The van der Waals surface area contributed by atoms with Gasteiger partial charge in [-0.15, -0.1) is 0 Å². The van der Waals surface area contributed by atoms with Crippen molar-refractivity contribution < 1.29 is 8.83 Å². The molecule has 290 valence electrons. The van der Waals surface area contributed by atoms with Crippen molar-refractivity contribution in [2.45, 2.75) is 0 Å². The number of furan rings is 2. The van der Waals surface area contributed by atoms with Crippen LogP contribution in [0.25, 0.3) is 122 Å². The fraction of sp³-hybridized carbons (Fsp3) is 0. The Morgan fingerprint density at radius 1 is 0.290 bits per heavy atom. The Bertz CT molecular complexity index is 3580. The van der Waals surface area contributed by atoms with Crippen LogP contribution in [0.5, 0.6) is 0 Å². The molecule has 0 amide bonds. The van der Waals surface area contributed by atoms with Gasteiger partial charge in [-0.25, -0.2) is 9.97 Å². The van der Waals surface area contributed by atoms with Gasteiger partial charge in [-0.1, -0.05) is 146 Å². The molecule has 13 rings (SSSR count). The van der Waals surface area contributed by atoms with E-state index in [1.807, 2.05) is 24.3 Å². The maximum atomic E-state index is 6.89. The van der Waals surface area contributed by atoms with Crippen LogP contribution in [0.15, 0.2) is 215 Å². The number of hydrogen-bond donors (Lipinski definition) is 0. The van der Waals surface area contributed by atoms with Crippen molar-refractivity contribution in [1.29, 1.82) is 0 Å². The highest BCUT2D eigenvalue weighted by Gasteiger charge is 2.21. The molecule has 9 aromatic carbocycles. The Kier molecular flexibility index (Phi) is 7.50. The van der Waals surface area contributed by atoms with Gasteiger partial charge in [-0.2, -0.15) is 0 Å². The van der Waals surface area contributed by atoms with Gasteiger partial charge in [0.05, 0.1) is 22.1 Å². The number of fused-ring (bicyclic) bond motifs is 9. The molecule has 6 nitrogen and oxygen atoms in total. The lowest BCUT2D eigenvalue weighted by Gasteiger charge is -2.11. The highest BCUT2D eigenvalue weighted by molar-refractivity contribution is 6.21. The topological polar surface area (TPSA) is 61.9 Å². The predicted octanol–water partition coefficient (Wildman–Crippen LogP) is 14.8. The van der Waals surface area contributed by atoms with Crippen LogP contribution in [-0.4, -0.2) is 19.1 Å². The molecular weight excluding hydrogens is 761 g/mol. The van der Waals surface area contributed by atoms with Gasteiger partial charge in [-0.05, 0) is 71.8 Å². The fourth-order valence-electron chi connectivity index (χ4n) is 9.28. The first-order chi connectivity index (χ1) is 30.7. The number of nitrogens with zero attached hydrogens (tertiary/aromatic N) is 4. The van der Waals surface area contributed by atoms with Crippen molar-refractivity contribution in [3.8, 4) is 56.4 Å². The summed E-state index contributed by atoms with van der Waals surface area (Å²) in [5.74, 6) is 1.82. The van der Waals surface area contributed by atoms with E-state index in [9.17, 15) is 0 Å². The third kappa shape index (κ3) is 5.23. The second kappa shape index (κ2) is 13.5. The summed E-state index contributed by atoms with van der Waals surface area (Å²) in [7, 11) is 0. The minimum absolute atomic E-state index is 0.747. The zero-order valence-corrected chi connectivity index (χ0v) is 33.2. The largest absolute Gasteiger partial charge is 0.451 e. The fourth-order valence-corrected chi connectivity index (χ4v) is 9.28. The monoisotopic (exact) mass is 794 g/mol. The van der Waals surface area contributed by atoms with E-state index in [2.05, 4.69) is 191 Å². The lowest BCUT2D eigenvalue weighted by atomic mass is 10.0. The molecule has 62 heavy (non-hydrogen) atoms. The molecule has 0 aliphatic carbocycles. The number of hydrogen-bond acceptors (Lipinski definition) is 4. The Morgan fingerprint density at radius 2 is 0.677 bits per heavy atom. The first kappa shape index (κ1) is 34.4. The van der Waals surface area contributed by atoms with Gasteiger partial charge in [-0.3, -0.25) is 9.13 Å². The Hall–Kier alpha value is -8.48. The molecule has 0 unspecified atom stereocenters. The van der Waals surface area contributed by atoms with Crippen molar-refractivity contribution in [2.24, 2.45) is 0 Å². The van der Waals surface area contributed by atoms with Crippen LogP contribution < -0.4 is 0 Å². The highest BCUT2D eigenvalue weighted by Crippen LogP contribution is 2.44. The summed E-state index contributed by atoms with van der Waals surface area (Å²) < 4.78 is 18.2. The zero-order valence-electron chi connectivity index (χ0n) is 33.2. The maximum absolute atomic E-state index is 6.89. The second-order valence-corrected chi connectivity index (χ2v) is 15.7. The smallest absolute Gasteiger partial charge is 0.178 e. The van der Waals surface area contributed by atoms with Crippen LogP contribution in [0.3, 0.4) is 0 Å². The third-order valence-electron chi connectivity index (χ3n) is 12.2. The lowest BCUT2D eigenvalue weighted by molar-refractivity contribution is 0.634. The molecule has 0 fully saturated rings. The molecule has 0 radical (unpaired) electrons. The average Bonchev–Trinajstić information content (AvgIpc) is 4.13. The summed E-state index contributed by atoms with van der Waals surface area (Å²) in [4.78, 5) is 10.1. The molecule has 0 spiro atoms. The molecular formula is C56H34N4O2. The van der Waals surface area contributed by atoms with E-state index in [4.69, 9.17) is 18.8 Å². The number of rotatable bonds is 6. The van der Waals surface area contributed by atoms with E-state index in [1.54, 1.807) is 0 Å². The first-order valence-electron chi connectivity index (χ1n) is 20.8. The van der Waals surface area contributed by atoms with Gasteiger partial charge in [0.1, 0.15) is 22.8 Å². The number of para-hydroxylation sites is 6. The SMILES string of the molecule is c1ccc(-c2nc3ccccc3n2-c2ccc(-c3cccc4c3oc3c4ccc4c5cccc(-c6ccc(-n7c(-c8ccccc8)nc8ccccc87)cc6)c5oc43)cc2)cc1. The molecule has 0 aliphatic rings. The minimum atomic E-state index is 0.747. The predicted molar refractivity (Wildman–Crippen MR) is 252 cm³/mol. The van der Waals surface area contributed by atoms with Crippen molar-refractivity contribution >= 4 is 65.9 Å². The summed E-state index contributed by atoms with van der Waals surface area (Å²) in [5, 5.41) is 4.15. The molecule has 0 saturated heterocycles. The molecule has 4 heterocycles. The van der Waals surface area contributed by atoms with Crippen molar-refractivity contribution in [1.82, 2.24) is 19.1 Å². The summed E-state index contributed by atoms with van der Waals surface area (Å²) >= 11 is 0. The van der Waals surface area contributed by atoms with E-state index in [0.717, 1.165) is 122 Å². The standard InChI is InChI=1S/C56H34N4O2/c1-3-13-37(14-4-1)55-57-47-21-7-9-23-49(47)59(55)39-29-25-35(26-30-39)41-17-11-19-43-45-33-34-46-44-20-12-18-42(52(44)62-54(46)53(45)61-51(41)43)36-27-31-40(32-28-36)60-50-24-10-8-22-48(50)58-56(60)38-15-5-2-6-16-38/h1-34H. The van der Waals surface area contributed by atoms with Crippen molar-refractivity contribution in [2.75, 3.05) is 0 Å². The molecule has 0 N–H and O–H groups in total. The summed E-state index contributed by atoms with van der Waals surface area (Å²) in [6.07, 6.45) is 0. The van der Waals surface area contributed by atoms with Gasteiger partial charge in [0.25, 0.3) is 0 Å². The molecule has 6 heteroatoms. The zero-order chi connectivity index (χ0) is 40.7. The van der Waals surface area contributed by atoms with Gasteiger partial charge >= 0.3 is 0 Å². The number of imidazole rings is 2. The number of aromatic nitrogens is 4. The van der Waals surface area contributed by atoms with E-state index in [-0.39, 0.29) is 0 Å². The second-order valence-electron chi connectivity index (χ2n) is 15.7. The van der Waals surface area contributed by atoms with Gasteiger partial charge in [0, 0.05) is 55.2 Å². The van der Waals surface area contributed by atoms with Gasteiger partial charge in [0.2, 0.25) is 0 Å². The molecule has 0 saturated carbocycles. The van der Waals surface area contributed by atoms with Crippen LogP contribution in [0, 0.1) is 0 Å². The molecule has 4 aromatic heterocycles. The van der Waals surface area contributed by atoms with Crippen LogP contribution in [0.4, 0.5) is 0 Å². The van der Waals surface area contributed by atoms with Crippen LogP contribution >= 0.6 is 0 Å². The van der Waals surface area contributed by atoms with Crippen LogP contribution in [0.1, 0.15) is 0 Å². The minimum Gasteiger partial charge on any atom is -0.451 e. The van der Waals surface area contributed by atoms with Gasteiger partial charge in [0.15, 0.2) is 11.2 Å². The Morgan fingerprint density at radius 3 is 1.11 bits per heavy atom. The summed E-state index contributed by atoms with van der Waals surface area (Å²) in [5.41, 5.74) is 15.6. The molecule has 0 bridgehead atoms.